The summed E-state index contributed by atoms with van der Waals surface area (Å²) in [6, 6.07) is 15.4. The van der Waals surface area contributed by atoms with Crippen molar-refractivity contribution < 1.29 is 9.66 Å². The van der Waals surface area contributed by atoms with Gasteiger partial charge in [0, 0.05) is 30.1 Å². The van der Waals surface area contributed by atoms with E-state index >= 15 is 0 Å². The van der Waals surface area contributed by atoms with Gasteiger partial charge in [-0.1, -0.05) is 17.7 Å². The van der Waals surface area contributed by atoms with Gasteiger partial charge in [0.25, 0.3) is 11.2 Å². The first-order valence-electron chi connectivity index (χ1n) is 8.02. The molecule has 6 heteroatoms. The van der Waals surface area contributed by atoms with Crippen LogP contribution in [0.15, 0.2) is 59.4 Å². The van der Waals surface area contributed by atoms with E-state index in [1.165, 1.54) is 23.8 Å². The zero-order valence-corrected chi connectivity index (χ0v) is 13.8. The molecule has 0 atom stereocenters. The minimum absolute atomic E-state index is 0.0143. The van der Waals surface area contributed by atoms with E-state index in [1.807, 2.05) is 31.2 Å². The van der Waals surface area contributed by atoms with Crippen LogP contribution in [0.3, 0.4) is 0 Å². The molecule has 0 saturated heterocycles. The van der Waals surface area contributed by atoms with E-state index in [-0.39, 0.29) is 11.2 Å². The summed E-state index contributed by atoms with van der Waals surface area (Å²) in [4.78, 5) is 22.6. The van der Waals surface area contributed by atoms with Gasteiger partial charge in [-0.15, -0.1) is 0 Å². The van der Waals surface area contributed by atoms with Crippen molar-refractivity contribution in [1.29, 1.82) is 0 Å². The summed E-state index contributed by atoms with van der Waals surface area (Å²) in [5.74, 6) is 0.798. The molecule has 128 valence electrons. The maximum absolute atomic E-state index is 12.1. The van der Waals surface area contributed by atoms with Gasteiger partial charge in [-0.3, -0.25) is 14.9 Å². The highest BCUT2D eigenvalue weighted by Crippen LogP contribution is 2.20. The van der Waals surface area contributed by atoms with E-state index in [0.717, 1.165) is 5.75 Å². The Balaban J connectivity index is 1.72. The molecule has 0 aliphatic carbocycles. The molecule has 1 aromatic heterocycles. The molecule has 3 aromatic rings. The Hall–Kier alpha value is -3.15. The maximum Gasteiger partial charge on any atom is 0.270 e. The van der Waals surface area contributed by atoms with Crippen molar-refractivity contribution in [1.82, 2.24) is 4.57 Å². The van der Waals surface area contributed by atoms with Gasteiger partial charge < -0.3 is 9.30 Å². The highest BCUT2D eigenvalue weighted by atomic mass is 16.6. The quantitative estimate of drug-likeness (QED) is 0.390. The summed E-state index contributed by atoms with van der Waals surface area (Å²) in [5, 5.41) is 11.6. The smallest absolute Gasteiger partial charge is 0.270 e. The first kappa shape index (κ1) is 16.7. The SMILES string of the molecule is Cc1ccc(OCCCn2c(=O)ccc3cc([N+](=O)[O-])ccc32)cc1. The molecule has 6 nitrogen and oxygen atoms in total. The molecule has 0 fully saturated rings. The number of rotatable bonds is 6. The van der Waals surface area contributed by atoms with Crippen LogP contribution in [0.25, 0.3) is 10.9 Å². The zero-order chi connectivity index (χ0) is 17.8. The van der Waals surface area contributed by atoms with Gasteiger partial charge in [-0.05, 0) is 37.6 Å². The number of non-ortho nitro benzene ring substituents is 1. The summed E-state index contributed by atoms with van der Waals surface area (Å²) >= 11 is 0. The van der Waals surface area contributed by atoms with E-state index in [1.54, 1.807) is 16.7 Å². The second-order valence-corrected chi connectivity index (χ2v) is 5.84. The number of hydrogen-bond donors (Lipinski definition) is 0. The summed E-state index contributed by atoms with van der Waals surface area (Å²) in [6.07, 6.45) is 0.657. The summed E-state index contributed by atoms with van der Waals surface area (Å²) in [6.45, 7) is 2.99. The zero-order valence-electron chi connectivity index (χ0n) is 13.8. The first-order chi connectivity index (χ1) is 12.0. The van der Waals surface area contributed by atoms with Crippen molar-refractivity contribution in [3.05, 3.63) is 80.6 Å². The number of hydrogen-bond acceptors (Lipinski definition) is 4. The third kappa shape index (κ3) is 3.85. The minimum Gasteiger partial charge on any atom is -0.494 e. The molecule has 2 aromatic carbocycles. The van der Waals surface area contributed by atoms with E-state index < -0.39 is 4.92 Å². The Labute approximate surface area is 144 Å². The summed E-state index contributed by atoms with van der Waals surface area (Å²) in [5.41, 5.74) is 1.74. The Morgan fingerprint density at radius 3 is 2.56 bits per heavy atom. The highest BCUT2D eigenvalue weighted by molar-refractivity contribution is 5.81. The monoisotopic (exact) mass is 338 g/mol. The van der Waals surface area contributed by atoms with Gasteiger partial charge >= 0.3 is 0 Å². The van der Waals surface area contributed by atoms with Crippen LogP contribution in [-0.4, -0.2) is 16.1 Å². The lowest BCUT2D eigenvalue weighted by Crippen LogP contribution is -2.20. The average Bonchev–Trinajstić information content (AvgIpc) is 2.61. The Morgan fingerprint density at radius 2 is 1.84 bits per heavy atom. The molecule has 0 unspecified atom stereocenters. The molecule has 25 heavy (non-hydrogen) atoms. The molecule has 0 amide bonds. The first-order valence-corrected chi connectivity index (χ1v) is 8.02. The maximum atomic E-state index is 12.1. The molecular formula is C19H18N2O4. The molecule has 0 aliphatic heterocycles. The molecule has 0 aliphatic rings. The van der Waals surface area contributed by atoms with Crippen LogP contribution in [-0.2, 0) is 6.54 Å². The normalized spacial score (nSPS) is 10.8. The molecule has 0 bridgehead atoms. The van der Waals surface area contributed by atoms with Crippen LogP contribution in [0.4, 0.5) is 5.69 Å². The summed E-state index contributed by atoms with van der Waals surface area (Å²) < 4.78 is 7.30. The number of fused-ring (bicyclic) bond motifs is 1. The van der Waals surface area contributed by atoms with Crippen molar-refractivity contribution in [2.24, 2.45) is 0 Å². The number of nitro groups is 1. The molecular weight excluding hydrogens is 320 g/mol. The fourth-order valence-electron chi connectivity index (χ4n) is 2.68. The highest BCUT2D eigenvalue weighted by Gasteiger charge is 2.09. The van der Waals surface area contributed by atoms with Crippen molar-refractivity contribution in [2.45, 2.75) is 19.9 Å². The lowest BCUT2D eigenvalue weighted by molar-refractivity contribution is -0.384. The van der Waals surface area contributed by atoms with Crippen LogP contribution in [0.5, 0.6) is 5.75 Å². The minimum atomic E-state index is -0.440. The number of nitrogens with zero attached hydrogens (tertiary/aromatic N) is 2. The molecule has 0 N–H and O–H groups in total. The number of benzene rings is 2. The van der Waals surface area contributed by atoms with E-state index in [0.29, 0.717) is 30.5 Å². The molecule has 0 spiro atoms. The number of aryl methyl sites for hydroxylation is 2. The topological polar surface area (TPSA) is 74.4 Å². The Kier molecular flexibility index (Phi) is 4.79. The molecule has 3 rings (SSSR count). The van der Waals surface area contributed by atoms with Gasteiger partial charge in [-0.25, -0.2) is 0 Å². The van der Waals surface area contributed by atoms with Gasteiger partial charge in [0.2, 0.25) is 0 Å². The lowest BCUT2D eigenvalue weighted by atomic mass is 10.2. The third-order valence-corrected chi connectivity index (χ3v) is 4.00. The standard InChI is InChI=1S/C19H18N2O4/c1-14-3-7-17(8-4-14)25-12-2-11-20-18-9-6-16(21(23)24)13-15(18)5-10-19(20)22/h3-10,13H,2,11-12H2,1H3. The van der Waals surface area contributed by atoms with Crippen LogP contribution in [0, 0.1) is 17.0 Å². The average molecular weight is 338 g/mol. The van der Waals surface area contributed by atoms with Gasteiger partial charge in [0.05, 0.1) is 17.0 Å². The van der Waals surface area contributed by atoms with Crippen molar-refractivity contribution >= 4 is 16.6 Å². The van der Waals surface area contributed by atoms with Crippen LogP contribution >= 0.6 is 0 Å². The van der Waals surface area contributed by atoms with E-state index in [4.69, 9.17) is 4.74 Å². The van der Waals surface area contributed by atoms with Crippen LogP contribution in [0.2, 0.25) is 0 Å². The van der Waals surface area contributed by atoms with Crippen molar-refractivity contribution in [3.8, 4) is 5.75 Å². The third-order valence-electron chi connectivity index (χ3n) is 4.00. The van der Waals surface area contributed by atoms with Gasteiger partial charge in [0.15, 0.2) is 0 Å². The number of nitro benzene ring substituents is 1. The van der Waals surface area contributed by atoms with Gasteiger partial charge in [-0.2, -0.15) is 0 Å². The fraction of sp³-hybridized carbons (Fsp3) is 0.211. The number of aromatic nitrogens is 1. The Bertz CT molecular complexity index is 961. The summed E-state index contributed by atoms with van der Waals surface area (Å²) in [7, 11) is 0. The second kappa shape index (κ2) is 7.17. The lowest BCUT2D eigenvalue weighted by Gasteiger charge is -2.11. The molecule has 0 saturated carbocycles. The Morgan fingerprint density at radius 1 is 1.08 bits per heavy atom. The molecule has 0 radical (unpaired) electrons. The molecule has 1 heterocycles. The number of ether oxygens (including phenoxy) is 1. The second-order valence-electron chi connectivity index (χ2n) is 5.84. The van der Waals surface area contributed by atoms with E-state index in [2.05, 4.69) is 0 Å². The van der Waals surface area contributed by atoms with Crippen molar-refractivity contribution in [3.63, 3.8) is 0 Å². The van der Waals surface area contributed by atoms with Gasteiger partial charge in [0.1, 0.15) is 5.75 Å². The van der Waals surface area contributed by atoms with Crippen LogP contribution < -0.4 is 10.3 Å². The predicted molar refractivity (Wildman–Crippen MR) is 96.2 cm³/mol. The predicted octanol–water partition coefficient (Wildman–Crippen LogP) is 3.69. The van der Waals surface area contributed by atoms with Crippen LogP contribution in [0.1, 0.15) is 12.0 Å². The largest absolute Gasteiger partial charge is 0.494 e. The fourth-order valence-corrected chi connectivity index (χ4v) is 2.68. The van der Waals surface area contributed by atoms with Crippen molar-refractivity contribution in [2.75, 3.05) is 6.61 Å². The van der Waals surface area contributed by atoms with E-state index in [9.17, 15) is 14.9 Å². The number of pyridine rings is 1.